The first kappa shape index (κ1) is 12.7. The lowest BCUT2D eigenvalue weighted by molar-refractivity contribution is 0.389. The van der Waals surface area contributed by atoms with Crippen LogP contribution in [0.3, 0.4) is 0 Å². The summed E-state index contributed by atoms with van der Waals surface area (Å²) < 4.78 is 2.29. The Morgan fingerprint density at radius 3 is 2.68 bits per heavy atom. The van der Waals surface area contributed by atoms with Crippen molar-refractivity contribution >= 4 is 11.0 Å². The van der Waals surface area contributed by atoms with E-state index in [4.69, 9.17) is 10.7 Å². The SMILES string of the molecule is CCC1(c2nc3c(CN)cccc3n2C)CCCC1. The van der Waals surface area contributed by atoms with Crippen LogP contribution in [0.5, 0.6) is 0 Å². The topological polar surface area (TPSA) is 43.8 Å². The summed E-state index contributed by atoms with van der Waals surface area (Å²) in [6.07, 6.45) is 6.40. The molecule has 2 aromatic rings. The number of nitrogens with two attached hydrogens (primary N) is 1. The Balaban J connectivity index is 2.22. The molecule has 0 unspecified atom stereocenters. The Labute approximate surface area is 114 Å². The standard InChI is InChI=1S/C16H23N3/c1-3-16(9-4-5-10-16)15-18-14-12(11-17)7-6-8-13(14)19(15)2/h6-8H,3-5,9-11,17H2,1-2H3. The number of hydrogen-bond donors (Lipinski definition) is 1. The molecule has 3 heteroatoms. The number of rotatable bonds is 3. The highest BCUT2D eigenvalue weighted by atomic mass is 15.1. The molecule has 102 valence electrons. The lowest BCUT2D eigenvalue weighted by Gasteiger charge is -2.26. The van der Waals surface area contributed by atoms with Gasteiger partial charge in [-0.25, -0.2) is 4.98 Å². The van der Waals surface area contributed by atoms with Crippen LogP contribution in [0.25, 0.3) is 11.0 Å². The highest BCUT2D eigenvalue weighted by Gasteiger charge is 2.37. The molecule has 0 saturated heterocycles. The molecule has 1 aromatic carbocycles. The van der Waals surface area contributed by atoms with Gasteiger partial charge in [0.05, 0.1) is 11.0 Å². The smallest absolute Gasteiger partial charge is 0.115 e. The Kier molecular flexibility index (Phi) is 3.09. The third kappa shape index (κ3) is 1.79. The molecule has 1 aliphatic carbocycles. The summed E-state index contributed by atoms with van der Waals surface area (Å²) in [7, 11) is 2.15. The molecule has 1 fully saturated rings. The van der Waals surface area contributed by atoms with Crippen LogP contribution in [0, 0.1) is 0 Å². The van der Waals surface area contributed by atoms with E-state index >= 15 is 0 Å². The molecule has 1 saturated carbocycles. The number of aromatic nitrogens is 2. The maximum atomic E-state index is 5.84. The number of nitrogens with zero attached hydrogens (tertiary/aromatic N) is 2. The summed E-state index contributed by atoms with van der Waals surface area (Å²) in [6.45, 7) is 2.86. The Bertz CT molecular complexity index is 591. The normalized spacial score (nSPS) is 18.3. The van der Waals surface area contributed by atoms with E-state index in [-0.39, 0.29) is 0 Å². The van der Waals surface area contributed by atoms with Crippen LogP contribution >= 0.6 is 0 Å². The van der Waals surface area contributed by atoms with Gasteiger partial charge in [0.1, 0.15) is 5.82 Å². The van der Waals surface area contributed by atoms with E-state index in [0.717, 1.165) is 11.1 Å². The van der Waals surface area contributed by atoms with Gasteiger partial charge in [-0.05, 0) is 30.9 Å². The van der Waals surface area contributed by atoms with E-state index in [1.54, 1.807) is 0 Å². The largest absolute Gasteiger partial charge is 0.331 e. The molecule has 0 bridgehead atoms. The molecular formula is C16H23N3. The molecule has 1 aliphatic rings. The Morgan fingerprint density at radius 1 is 1.32 bits per heavy atom. The summed E-state index contributed by atoms with van der Waals surface area (Å²) in [5, 5.41) is 0. The van der Waals surface area contributed by atoms with Gasteiger partial charge in [-0.3, -0.25) is 0 Å². The molecule has 0 aliphatic heterocycles. The lowest BCUT2D eigenvalue weighted by Crippen LogP contribution is -2.25. The zero-order chi connectivity index (χ0) is 13.5. The van der Waals surface area contributed by atoms with Crippen molar-refractivity contribution in [3.05, 3.63) is 29.6 Å². The molecule has 0 spiro atoms. The van der Waals surface area contributed by atoms with Gasteiger partial charge < -0.3 is 10.3 Å². The summed E-state index contributed by atoms with van der Waals surface area (Å²) in [6, 6.07) is 6.33. The van der Waals surface area contributed by atoms with Gasteiger partial charge in [0, 0.05) is 19.0 Å². The minimum Gasteiger partial charge on any atom is -0.331 e. The number of aryl methyl sites for hydroxylation is 1. The first-order valence-corrected chi connectivity index (χ1v) is 7.37. The second-order valence-corrected chi connectivity index (χ2v) is 5.82. The molecule has 0 atom stereocenters. The van der Waals surface area contributed by atoms with E-state index in [0.29, 0.717) is 12.0 Å². The van der Waals surface area contributed by atoms with Gasteiger partial charge in [-0.1, -0.05) is 31.9 Å². The molecule has 3 nitrogen and oxygen atoms in total. The summed E-state index contributed by atoms with van der Waals surface area (Å²) in [5.74, 6) is 1.27. The van der Waals surface area contributed by atoms with Crippen molar-refractivity contribution in [2.24, 2.45) is 12.8 Å². The van der Waals surface area contributed by atoms with E-state index in [2.05, 4.69) is 36.7 Å². The van der Waals surface area contributed by atoms with Crippen LogP contribution in [0.15, 0.2) is 18.2 Å². The van der Waals surface area contributed by atoms with Gasteiger partial charge in [0.25, 0.3) is 0 Å². The third-order valence-electron chi connectivity index (χ3n) is 4.93. The van der Waals surface area contributed by atoms with Gasteiger partial charge in [-0.15, -0.1) is 0 Å². The molecule has 1 heterocycles. The minimum absolute atomic E-state index is 0.291. The Morgan fingerprint density at radius 2 is 2.05 bits per heavy atom. The highest BCUT2D eigenvalue weighted by molar-refractivity contribution is 5.80. The monoisotopic (exact) mass is 257 g/mol. The summed E-state index contributed by atoms with van der Waals surface area (Å²) >= 11 is 0. The highest BCUT2D eigenvalue weighted by Crippen LogP contribution is 2.43. The van der Waals surface area contributed by atoms with E-state index in [9.17, 15) is 0 Å². The van der Waals surface area contributed by atoms with Gasteiger partial charge in [0.15, 0.2) is 0 Å². The van der Waals surface area contributed by atoms with Gasteiger partial charge in [-0.2, -0.15) is 0 Å². The number of imidazole rings is 1. The molecule has 0 amide bonds. The zero-order valence-corrected chi connectivity index (χ0v) is 11.9. The molecule has 0 radical (unpaired) electrons. The first-order valence-electron chi connectivity index (χ1n) is 7.37. The maximum Gasteiger partial charge on any atom is 0.115 e. The van der Waals surface area contributed by atoms with Crippen molar-refractivity contribution in [3.63, 3.8) is 0 Å². The second-order valence-electron chi connectivity index (χ2n) is 5.82. The van der Waals surface area contributed by atoms with Gasteiger partial charge >= 0.3 is 0 Å². The van der Waals surface area contributed by atoms with Gasteiger partial charge in [0.2, 0.25) is 0 Å². The summed E-state index contributed by atoms with van der Waals surface area (Å²) in [5.41, 5.74) is 9.61. The number of para-hydroxylation sites is 1. The molecular weight excluding hydrogens is 234 g/mol. The average molecular weight is 257 g/mol. The summed E-state index contributed by atoms with van der Waals surface area (Å²) in [4.78, 5) is 4.99. The zero-order valence-electron chi connectivity index (χ0n) is 11.9. The average Bonchev–Trinajstić information content (AvgIpc) is 3.05. The van der Waals surface area contributed by atoms with Crippen LogP contribution in [0.2, 0.25) is 0 Å². The van der Waals surface area contributed by atoms with Crippen molar-refractivity contribution in [3.8, 4) is 0 Å². The number of fused-ring (bicyclic) bond motifs is 1. The quantitative estimate of drug-likeness (QED) is 0.917. The fraction of sp³-hybridized carbons (Fsp3) is 0.562. The van der Waals surface area contributed by atoms with Crippen LogP contribution in [-0.4, -0.2) is 9.55 Å². The maximum absolute atomic E-state index is 5.84. The van der Waals surface area contributed by atoms with E-state index < -0.39 is 0 Å². The van der Waals surface area contributed by atoms with Crippen LogP contribution < -0.4 is 5.73 Å². The predicted octanol–water partition coefficient (Wildman–Crippen LogP) is 3.25. The second kappa shape index (κ2) is 4.64. The fourth-order valence-electron chi connectivity index (χ4n) is 3.70. The van der Waals surface area contributed by atoms with Crippen molar-refractivity contribution in [2.75, 3.05) is 0 Å². The first-order chi connectivity index (χ1) is 9.22. The number of hydrogen-bond acceptors (Lipinski definition) is 2. The van der Waals surface area contributed by atoms with Crippen LogP contribution in [0.1, 0.15) is 50.4 Å². The molecule has 3 rings (SSSR count). The van der Waals surface area contributed by atoms with Crippen molar-refractivity contribution in [2.45, 2.75) is 51.0 Å². The minimum atomic E-state index is 0.291. The fourth-order valence-corrected chi connectivity index (χ4v) is 3.70. The van der Waals surface area contributed by atoms with E-state index in [1.807, 2.05) is 0 Å². The predicted molar refractivity (Wildman–Crippen MR) is 79.0 cm³/mol. The number of benzene rings is 1. The van der Waals surface area contributed by atoms with Crippen LogP contribution in [-0.2, 0) is 19.0 Å². The molecule has 19 heavy (non-hydrogen) atoms. The molecule has 1 aromatic heterocycles. The van der Waals surface area contributed by atoms with Crippen molar-refractivity contribution in [1.29, 1.82) is 0 Å². The Hall–Kier alpha value is -1.35. The third-order valence-corrected chi connectivity index (χ3v) is 4.93. The molecule has 2 N–H and O–H groups in total. The van der Waals surface area contributed by atoms with Crippen molar-refractivity contribution < 1.29 is 0 Å². The lowest BCUT2D eigenvalue weighted by atomic mass is 9.82. The van der Waals surface area contributed by atoms with Crippen molar-refractivity contribution in [1.82, 2.24) is 9.55 Å². The van der Waals surface area contributed by atoms with Crippen LogP contribution in [0.4, 0.5) is 0 Å². The van der Waals surface area contributed by atoms with E-state index in [1.165, 1.54) is 43.4 Å².